The molecule has 2 aliphatic heterocycles. The average molecular weight is 403 g/mol. The Balaban J connectivity index is 0.00000169. The lowest BCUT2D eigenvalue weighted by molar-refractivity contribution is 0.132. The van der Waals surface area contributed by atoms with Crippen LogP contribution in [0.1, 0.15) is 51.3 Å². The number of hydrogen-bond donors (Lipinski definition) is 0. The molecule has 0 saturated carbocycles. The molecular formula is C20H32Cl2N2O2. The summed E-state index contributed by atoms with van der Waals surface area (Å²) in [5.41, 5.74) is 3.58. The van der Waals surface area contributed by atoms with Gasteiger partial charge in [-0.2, -0.15) is 0 Å². The molecule has 0 aromatic heterocycles. The number of hydrogen-bond acceptors (Lipinski definition) is 4. The molecule has 1 aromatic rings. The number of halogens is 2. The van der Waals surface area contributed by atoms with E-state index in [0.717, 1.165) is 37.4 Å². The van der Waals surface area contributed by atoms with Crippen LogP contribution in [0.2, 0.25) is 0 Å². The molecule has 0 spiro atoms. The molecule has 2 heterocycles. The first-order valence-corrected chi connectivity index (χ1v) is 9.01. The first-order chi connectivity index (χ1) is 11.3. The van der Waals surface area contributed by atoms with Crippen LogP contribution in [0.5, 0.6) is 11.5 Å². The zero-order chi connectivity index (χ0) is 17.5. The second-order valence-corrected chi connectivity index (χ2v) is 7.99. The summed E-state index contributed by atoms with van der Waals surface area (Å²) in [6.07, 6.45) is 3.92. The van der Waals surface area contributed by atoms with Crippen LogP contribution in [-0.4, -0.2) is 49.0 Å². The van der Waals surface area contributed by atoms with Gasteiger partial charge in [0.2, 0.25) is 0 Å². The van der Waals surface area contributed by atoms with Crippen LogP contribution in [0.15, 0.2) is 11.1 Å². The second-order valence-electron chi connectivity index (χ2n) is 7.99. The first-order valence-electron chi connectivity index (χ1n) is 9.01. The zero-order valence-corrected chi connectivity index (χ0v) is 18.4. The molecule has 6 heteroatoms. The molecule has 0 N–H and O–H groups in total. The number of benzene rings is 1. The maximum absolute atomic E-state index is 6.18. The standard InChI is InChI=1S/C20H30N2O2.2ClH/c1-7-22(6)13-20(5)10-14-9-17(23-8-2)18-15(16(14)12-21-20)11-19(3,4)24-18;;/h9,12H,7-8,10-11,13H2,1-6H3;2*1H. The lowest BCUT2D eigenvalue weighted by atomic mass is 9.84. The molecule has 0 saturated heterocycles. The Hall–Kier alpha value is -0.970. The molecule has 1 unspecified atom stereocenters. The summed E-state index contributed by atoms with van der Waals surface area (Å²) in [7, 11) is 2.15. The van der Waals surface area contributed by atoms with Crippen molar-refractivity contribution in [1.82, 2.24) is 4.90 Å². The van der Waals surface area contributed by atoms with E-state index >= 15 is 0 Å². The molecule has 0 fully saturated rings. The highest BCUT2D eigenvalue weighted by Gasteiger charge is 2.38. The Labute approximate surface area is 170 Å². The minimum atomic E-state index is -0.180. The molecule has 1 aromatic carbocycles. The normalized spacial score (nSPS) is 22.0. The molecule has 0 amide bonds. The summed E-state index contributed by atoms with van der Waals surface area (Å²) in [5, 5.41) is 0. The number of nitrogens with zero attached hydrogens (tertiary/aromatic N) is 2. The predicted molar refractivity (Wildman–Crippen MR) is 113 cm³/mol. The number of fused-ring (bicyclic) bond motifs is 3. The average Bonchev–Trinajstić information content (AvgIpc) is 2.82. The van der Waals surface area contributed by atoms with Crippen molar-refractivity contribution in [2.24, 2.45) is 4.99 Å². The molecular weight excluding hydrogens is 371 g/mol. The van der Waals surface area contributed by atoms with E-state index in [-0.39, 0.29) is 36.0 Å². The van der Waals surface area contributed by atoms with Crippen molar-refractivity contribution in [1.29, 1.82) is 0 Å². The van der Waals surface area contributed by atoms with Crippen LogP contribution in [0, 0.1) is 0 Å². The minimum Gasteiger partial charge on any atom is -0.490 e. The molecule has 0 radical (unpaired) electrons. The van der Waals surface area contributed by atoms with E-state index in [9.17, 15) is 0 Å². The Morgan fingerprint density at radius 2 is 1.88 bits per heavy atom. The van der Waals surface area contributed by atoms with Gasteiger partial charge in [-0.3, -0.25) is 4.99 Å². The molecule has 0 bridgehead atoms. The van der Waals surface area contributed by atoms with Crippen LogP contribution in [0.25, 0.3) is 0 Å². The monoisotopic (exact) mass is 402 g/mol. The molecule has 148 valence electrons. The van der Waals surface area contributed by atoms with E-state index in [2.05, 4.69) is 51.9 Å². The fraction of sp³-hybridized carbons (Fsp3) is 0.650. The summed E-state index contributed by atoms with van der Waals surface area (Å²) in [6, 6.07) is 2.18. The van der Waals surface area contributed by atoms with Gasteiger partial charge < -0.3 is 14.4 Å². The van der Waals surface area contributed by atoms with Gasteiger partial charge in [-0.05, 0) is 59.3 Å². The maximum Gasteiger partial charge on any atom is 0.166 e. The Morgan fingerprint density at radius 1 is 1.19 bits per heavy atom. The van der Waals surface area contributed by atoms with Gasteiger partial charge in [0.25, 0.3) is 0 Å². The van der Waals surface area contributed by atoms with Gasteiger partial charge in [-0.15, -0.1) is 24.8 Å². The third-order valence-corrected chi connectivity index (χ3v) is 4.98. The molecule has 4 nitrogen and oxygen atoms in total. The highest BCUT2D eigenvalue weighted by atomic mass is 35.5. The second kappa shape index (κ2) is 8.37. The number of rotatable bonds is 5. The van der Waals surface area contributed by atoms with Crippen LogP contribution >= 0.6 is 24.8 Å². The van der Waals surface area contributed by atoms with Crippen LogP contribution < -0.4 is 9.47 Å². The van der Waals surface area contributed by atoms with Gasteiger partial charge in [0.1, 0.15) is 5.60 Å². The third-order valence-electron chi connectivity index (χ3n) is 4.98. The lowest BCUT2D eigenvalue weighted by Gasteiger charge is -2.33. The van der Waals surface area contributed by atoms with Gasteiger partial charge in [0, 0.05) is 30.3 Å². The molecule has 0 aliphatic carbocycles. The van der Waals surface area contributed by atoms with Crippen LogP contribution in [0.4, 0.5) is 0 Å². The first kappa shape index (κ1) is 23.1. The molecule has 3 rings (SSSR count). The van der Waals surface area contributed by atoms with E-state index in [1.807, 2.05) is 6.92 Å². The minimum absolute atomic E-state index is 0. The highest BCUT2D eigenvalue weighted by Crippen LogP contribution is 2.46. The van der Waals surface area contributed by atoms with E-state index in [1.54, 1.807) is 0 Å². The molecule has 26 heavy (non-hydrogen) atoms. The topological polar surface area (TPSA) is 34.1 Å². The fourth-order valence-electron chi connectivity index (χ4n) is 3.83. The third kappa shape index (κ3) is 4.47. The summed E-state index contributed by atoms with van der Waals surface area (Å²) < 4.78 is 12.1. The molecule has 2 aliphatic rings. The zero-order valence-electron chi connectivity index (χ0n) is 16.7. The predicted octanol–water partition coefficient (Wildman–Crippen LogP) is 4.33. The smallest absolute Gasteiger partial charge is 0.166 e. The summed E-state index contributed by atoms with van der Waals surface area (Å²) in [5.74, 6) is 1.81. The number of aliphatic imine (C=N–C) groups is 1. The SMILES string of the molecule is CCOc1cc2c(c3c1OC(C)(C)C3)C=NC(C)(CN(C)CC)C2.Cl.Cl. The Morgan fingerprint density at radius 3 is 2.50 bits per heavy atom. The van der Waals surface area contributed by atoms with Crippen molar-refractivity contribution in [2.45, 2.75) is 58.6 Å². The van der Waals surface area contributed by atoms with Gasteiger partial charge >= 0.3 is 0 Å². The van der Waals surface area contributed by atoms with Crippen molar-refractivity contribution in [3.63, 3.8) is 0 Å². The van der Waals surface area contributed by atoms with Crippen LogP contribution in [-0.2, 0) is 12.8 Å². The van der Waals surface area contributed by atoms with Crippen molar-refractivity contribution in [2.75, 3.05) is 26.7 Å². The summed E-state index contributed by atoms with van der Waals surface area (Å²) in [6.45, 7) is 13.4. The van der Waals surface area contributed by atoms with Crippen molar-refractivity contribution >= 4 is 31.0 Å². The Bertz CT molecular complexity index is 676. The largest absolute Gasteiger partial charge is 0.490 e. The summed E-state index contributed by atoms with van der Waals surface area (Å²) in [4.78, 5) is 7.25. The Kier molecular flexibility index (Phi) is 7.42. The van der Waals surface area contributed by atoms with Crippen molar-refractivity contribution in [3.05, 3.63) is 22.8 Å². The van der Waals surface area contributed by atoms with Gasteiger partial charge in [0.05, 0.1) is 12.1 Å². The highest BCUT2D eigenvalue weighted by molar-refractivity contribution is 5.88. The maximum atomic E-state index is 6.18. The van der Waals surface area contributed by atoms with E-state index in [0.29, 0.717) is 6.61 Å². The van der Waals surface area contributed by atoms with Gasteiger partial charge in [-0.1, -0.05) is 6.92 Å². The quantitative estimate of drug-likeness (QED) is 0.734. The summed E-state index contributed by atoms with van der Waals surface area (Å²) >= 11 is 0. The van der Waals surface area contributed by atoms with Crippen LogP contribution in [0.3, 0.4) is 0 Å². The van der Waals surface area contributed by atoms with Crippen molar-refractivity contribution in [3.8, 4) is 11.5 Å². The van der Waals surface area contributed by atoms with E-state index < -0.39 is 0 Å². The lowest BCUT2D eigenvalue weighted by Crippen LogP contribution is -2.41. The van der Waals surface area contributed by atoms with Gasteiger partial charge in [0.15, 0.2) is 11.5 Å². The number of ether oxygens (including phenoxy) is 2. The van der Waals surface area contributed by atoms with Gasteiger partial charge in [-0.25, -0.2) is 0 Å². The van der Waals surface area contributed by atoms with Crippen molar-refractivity contribution < 1.29 is 9.47 Å². The van der Waals surface area contributed by atoms with E-state index in [4.69, 9.17) is 14.5 Å². The van der Waals surface area contributed by atoms with E-state index in [1.165, 1.54) is 16.7 Å². The molecule has 1 atom stereocenters. The fourth-order valence-corrected chi connectivity index (χ4v) is 3.83. The number of likely N-dealkylation sites (N-methyl/N-ethyl adjacent to an activating group) is 1.